The maximum absolute atomic E-state index is 11.2. The summed E-state index contributed by atoms with van der Waals surface area (Å²) >= 11 is 0. The molecule has 1 aromatic carbocycles. The van der Waals surface area contributed by atoms with Crippen molar-refractivity contribution in [3.8, 4) is 5.75 Å². The van der Waals surface area contributed by atoms with Crippen LogP contribution in [0.3, 0.4) is 0 Å². The van der Waals surface area contributed by atoms with Crippen molar-refractivity contribution in [2.24, 2.45) is 0 Å². The second-order valence-corrected chi connectivity index (χ2v) is 4.82. The molecule has 1 heterocycles. The van der Waals surface area contributed by atoms with Gasteiger partial charge in [0.05, 0.1) is 6.61 Å². The fraction of sp³-hybridized carbons (Fsp3) is 0.333. The number of aromatic nitrogens is 1. The molecule has 0 saturated carbocycles. The quantitative estimate of drug-likeness (QED) is 0.843. The first-order valence-electron chi connectivity index (χ1n) is 6.46. The molecule has 0 radical (unpaired) electrons. The Balaban J connectivity index is 2.09. The number of hydrogen-bond acceptors (Lipinski definition) is 4. The summed E-state index contributed by atoms with van der Waals surface area (Å²) in [6, 6.07) is 9.53. The zero-order valence-electron chi connectivity index (χ0n) is 11.6. The van der Waals surface area contributed by atoms with Crippen LogP contribution >= 0.6 is 0 Å². The van der Waals surface area contributed by atoms with E-state index in [-0.39, 0.29) is 0 Å². The molecule has 5 heteroatoms. The number of ether oxygens (including phenoxy) is 1. The first-order chi connectivity index (χ1) is 9.57. The minimum atomic E-state index is -0.988. The average molecular weight is 274 g/mol. The molecule has 1 atom stereocenters. The molecule has 1 aromatic heterocycles. The van der Waals surface area contributed by atoms with E-state index < -0.39 is 11.5 Å². The van der Waals surface area contributed by atoms with Gasteiger partial charge in [-0.05, 0) is 26.1 Å². The molecular weight excluding hydrogens is 256 g/mol. The predicted octanol–water partition coefficient (Wildman–Crippen LogP) is 2.07. The van der Waals surface area contributed by atoms with Crippen LogP contribution in [0.25, 0.3) is 10.9 Å². The molecular formula is C15H18N2O3. The van der Waals surface area contributed by atoms with Crippen LogP contribution in [0.2, 0.25) is 0 Å². The van der Waals surface area contributed by atoms with Crippen molar-refractivity contribution in [2.75, 3.05) is 13.7 Å². The number of fused-ring (bicyclic) bond motifs is 1. The molecule has 0 amide bonds. The molecule has 0 aliphatic carbocycles. The van der Waals surface area contributed by atoms with Crippen molar-refractivity contribution < 1.29 is 14.6 Å². The van der Waals surface area contributed by atoms with Crippen LogP contribution < -0.4 is 10.1 Å². The predicted molar refractivity (Wildman–Crippen MR) is 77.0 cm³/mol. The van der Waals surface area contributed by atoms with E-state index in [9.17, 15) is 9.90 Å². The highest BCUT2D eigenvalue weighted by Crippen LogP contribution is 2.23. The highest BCUT2D eigenvalue weighted by atomic mass is 16.5. The summed E-state index contributed by atoms with van der Waals surface area (Å²) < 4.78 is 5.70. The Hall–Kier alpha value is -2.14. The highest BCUT2D eigenvalue weighted by molar-refractivity contribution is 5.84. The molecule has 20 heavy (non-hydrogen) atoms. The van der Waals surface area contributed by atoms with Crippen molar-refractivity contribution in [3.05, 3.63) is 36.5 Å². The maximum Gasteiger partial charge on any atom is 0.323 e. The fourth-order valence-electron chi connectivity index (χ4n) is 1.90. The van der Waals surface area contributed by atoms with Crippen LogP contribution in [0.4, 0.5) is 0 Å². The molecule has 2 N–H and O–H groups in total. The van der Waals surface area contributed by atoms with Gasteiger partial charge in [0.15, 0.2) is 0 Å². The van der Waals surface area contributed by atoms with Gasteiger partial charge in [0.1, 0.15) is 16.8 Å². The van der Waals surface area contributed by atoms with Gasteiger partial charge in [-0.1, -0.05) is 18.2 Å². The number of carbonyl (C=O) groups is 1. The number of benzene rings is 1. The summed E-state index contributed by atoms with van der Waals surface area (Å²) in [6.45, 7) is 1.94. The molecule has 0 aliphatic rings. The molecule has 106 valence electrons. The lowest BCUT2D eigenvalue weighted by Crippen LogP contribution is -2.48. The van der Waals surface area contributed by atoms with Gasteiger partial charge < -0.3 is 15.2 Å². The second-order valence-electron chi connectivity index (χ2n) is 4.82. The van der Waals surface area contributed by atoms with Gasteiger partial charge in [0.2, 0.25) is 0 Å². The Bertz CT molecular complexity index is 610. The van der Waals surface area contributed by atoms with E-state index in [1.54, 1.807) is 20.2 Å². The van der Waals surface area contributed by atoms with Crippen LogP contribution in [-0.4, -0.2) is 35.3 Å². The Labute approximate surface area is 117 Å². The second kappa shape index (κ2) is 5.88. The SMILES string of the molecule is CNC(C)(CCOc1cccc2cccnc12)C(=O)O. The Kier molecular flexibility index (Phi) is 4.20. The fourth-order valence-corrected chi connectivity index (χ4v) is 1.90. The Morgan fingerprint density at radius 3 is 2.85 bits per heavy atom. The Morgan fingerprint density at radius 1 is 1.40 bits per heavy atom. The summed E-state index contributed by atoms with van der Waals surface area (Å²) in [5.41, 5.74) is -0.200. The van der Waals surface area contributed by atoms with Crippen molar-refractivity contribution in [2.45, 2.75) is 18.9 Å². The summed E-state index contributed by atoms with van der Waals surface area (Å²) in [5.74, 6) is -0.216. The zero-order chi connectivity index (χ0) is 14.6. The van der Waals surface area contributed by atoms with Crippen molar-refractivity contribution in [1.82, 2.24) is 10.3 Å². The molecule has 1 unspecified atom stereocenters. The maximum atomic E-state index is 11.2. The lowest BCUT2D eigenvalue weighted by Gasteiger charge is -2.24. The van der Waals surface area contributed by atoms with Crippen molar-refractivity contribution in [1.29, 1.82) is 0 Å². The monoisotopic (exact) mass is 274 g/mol. The normalized spacial score (nSPS) is 13.9. The van der Waals surface area contributed by atoms with Crippen LogP contribution in [0.5, 0.6) is 5.75 Å². The molecule has 2 rings (SSSR count). The van der Waals surface area contributed by atoms with E-state index >= 15 is 0 Å². The number of pyridine rings is 1. The Morgan fingerprint density at radius 2 is 2.15 bits per heavy atom. The summed E-state index contributed by atoms with van der Waals surface area (Å²) in [5, 5.41) is 13.0. The van der Waals surface area contributed by atoms with E-state index in [0.29, 0.717) is 18.8 Å². The van der Waals surface area contributed by atoms with Gasteiger partial charge in [0.25, 0.3) is 0 Å². The third-order valence-corrected chi connectivity index (χ3v) is 3.48. The number of rotatable bonds is 6. The van der Waals surface area contributed by atoms with Crippen LogP contribution in [0.1, 0.15) is 13.3 Å². The van der Waals surface area contributed by atoms with E-state index in [1.807, 2.05) is 30.3 Å². The minimum Gasteiger partial charge on any atom is -0.491 e. The number of carboxylic acids is 1. The van der Waals surface area contributed by atoms with Crippen molar-refractivity contribution in [3.63, 3.8) is 0 Å². The lowest BCUT2D eigenvalue weighted by molar-refractivity contribution is -0.144. The standard InChI is InChI=1S/C15H18N2O3/c1-15(16-2,14(18)19)8-10-20-12-7-3-5-11-6-4-9-17-13(11)12/h3-7,9,16H,8,10H2,1-2H3,(H,18,19). The molecule has 0 spiro atoms. The molecule has 0 saturated heterocycles. The van der Waals surface area contributed by atoms with Crippen LogP contribution in [0.15, 0.2) is 36.5 Å². The number of carboxylic acid groups (broad SMARTS) is 1. The van der Waals surface area contributed by atoms with Crippen molar-refractivity contribution >= 4 is 16.9 Å². The van der Waals surface area contributed by atoms with E-state index in [2.05, 4.69) is 10.3 Å². The van der Waals surface area contributed by atoms with Crippen LogP contribution in [-0.2, 0) is 4.79 Å². The number of para-hydroxylation sites is 1. The average Bonchev–Trinajstić information content (AvgIpc) is 2.47. The summed E-state index contributed by atoms with van der Waals surface area (Å²) in [6.07, 6.45) is 2.08. The number of nitrogens with zero attached hydrogens (tertiary/aromatic N) is 1. The number of nitrogens with one attached hydrogen (secondary N) is 1. The molecule has 5 nitrogen and oxygen atoms in total. The van der Waals surface area contributed by atoms with Gasteiger partial charge in [-0.15, -0.1) is 0 Å². The van der Waals surface area contributed by atoms with Gasteiger partial charge in [-0.25, -0.2) is 0 Å². The first-order valence-corrected chi connectivity index (χ1v) is 6.46. The van der Waals surface area contributed by atoms with E-state index in [0.717, 1.165) is 10.9 Å². The molecule has 0 fully saturated rings. The lowest BCUT2D eigenvalue weighted by atomic mass is 9.99. The van der Waals surface area contributed by atoms with Gasteiger partial charge in [-0.2, -0.15) is 0 Å². The third-order valence-electron chi connectivity index (χ3n) is 3.48. The highest BCUT2D eigenvalue weighted by Gasteiger charge is 2.30. The number of aliphatic carboxylic acids is 1. The summed E-state index contributed by atoms with van der Waals surface area (Å²) in [4.78, 5) is 15.5. The molecule has 2 aromatic rings. The largest absolute Gasteiger partial charge is 0.491 e. The number of hydrogen-bond donors (Lipinski definition) is 2. The number of likely N-dealkylation sites (N-methyl/N-ethyl adjacent to an activating group) is 1. The van der Waals surface area contributed by atoms with Gasteiger partial charge in [0, 0.05) is 18.0 Å². The first kappa shape index (κ1) is 14.3. The smallest absolute Gasteiger partial charge is 0.323 e. The van der Waals surface area contributed by atoms with Crippen LogP contribution in [0, 0.1) is 0 Å². The van der Waals surface area contributed by atoms with E-state index in [4.69, 9.17) is 4.74 Å². The van der Waals surface area contributed by atoms with Gasteiger partial charge in [-0.3, -0.25) is 9.78 Å². The minimum absolute atomic E-state index is 0.305. The molecule has 0 bridgehead atoms. The van der Waals surface area contributed by atoms with E-state index in [1.165, 1.54) is 0 Å². The zero-order valence-corrected chi connectivity index (χ0v) is 11.6. The molecule has 0 aliphatic heterocycles. The third kappa shape index (κ3) is 2.88. The topological polar surface area (TPSA) is 71.5 Å². The summed E-state index contributed by atoms with van der Waals surface area (Å²) in [7, 11) is 1.63. The van der Waals surface area contributed by atoms with Gasteiger partial charge >= 0.3 is 5.97 Å².